The predicted octanol–water partition coefficient (Wildman–Crippen LogP) is 7.09. The molecule has 1 unspecified atom stereocenters. The SMILES string of the molecule is CCN1C(=CC=CC=CC=CC2Sc3ccccc3N2CC)Sc2ccccc21. The minimum absolute atomic E-state index is 0.375. The molecule has 4 rings (SSSR count). The third kappa shape index (κ3) is 4.34. The standard InChI is InChI=1S/C25H26N2S2/c1-3-26-20-14-10-12-16-22(20)28-24(26)18-8-6-5-7-9-19-25-27(4-2)21-15-11-13-17-23(21)29-25/h5-19,24H,3-4H2,1-2H3. The van der Waals surface area contributed by atoms with E-state index in [0.717, 1.165) is 13.1 Å². The van der Waals surface area contributed by atoms with Gasteiger partial charge in [-0.2, -0.15) is 0 Å². The van der Waals surface area contributed by atoms with Gasteiger partial charge in [0, 0.05) is 22.9 Å². The van der Waals surface area contributed by atoms with Crippen LogP contribution >= 0.6 is 23.5 Å². The number of likely N-dealkylation sites (N-methyl/N-ethyl adjacent to an activating group) is 1. The predicted molar refractivity (Wildman–Crippen MR) is 130 cm³/mol. The molecule has 0 N–H and O–H groups in total. The number of hydrogen-bond acceptors (Lipinski definition) is 4. The van der Waals surface area contributed by atoms with Gasteiger partial charge < -0.3 is 9.80 Å². The van der Waals surface area contributed by atoms with Gasteiger partial charge in [0.25, 0.3) is 0 Å². The number of nitrogens with zero attached hydrogens (tertiary/aromatic N) is 2. The molecule has 2 heterocycles. The van der Waals surface area contributed by atoms with Crippen molar-refractivity contribution in [2.75, 3.05) is 22.9 Å². The van der Waals surface area contributed by atoms with Crippen LogP contribution in [0.5, 0.6) is 0 Å². The fourth-order valence-electron chi connectivity index (χ4n) is 3.61. The minimum atomic E-state index is 0.375. The lowest BCUT2D eigenvalue weighted by molar-refractivity contribution is 0.878. The van der Waals surface area contributed by atoms with E-state index in [1.807, 2.05) is 23.5 Å². The lowest BCUT2D eigenvalue weighted by Crippen LogP contribution is -2.27. The van der Waals surface area contributed by atoms with Crippen molar-refractivity contribution >= 4 is 34.9 Å². The smallest absolute Gasteiger partial charge is 0.0985 e. The average Bonchev–Trinajstić information content (AvgIpc) is 3.29. The zero-order valence-corrected chi connectivity index (χ0v) is 18.5. The van der Waals surface area contributed by atoms with Crippen LogP contribution in [-0.4, -0.2) is 18.5 Å². The Morgan fingerprint density at radius 1 is 0.793 bits per heavy atom. The van der Waals surface area contributed by atoms with Gasteiger partial charge in [0.1, 0.15) is 0 Å². The third-order valence-corrected chi connectivity index (χ3v) is 7.37. The van der Waals surface area contributed by atoms with Crippen LogP contribution in [0, 0.1) is 0 Å². The first-order chi connectivity index (χ1) is 14.3. The normalized spacial score (nSPS) is 19.9. The molecule has 148 valence electrons. The maximum atomic E-state index is 2.44. The van der Waals surface area contributed by atoms with E-state index < -0.39 is 0 Å². The Labute approximate surface area is 182 Å². The van der Waals surface area contributed by atoms with E-state index in [1.54, 1.807) is 0 Å². The van der Waals surface area contributed by atoms with Crippen LogP contribution in [0.25, 0.3) is 0 Å². The largest absolute Gasteiger partial charge is 0.355 e. The molecule has 2 aliphatic rings. The summed E-state index contributed by atoms with van der Waals surface area (Å²) in [4.78, 5) is 7.51. The number of allylic oxidation sites excluding steroid dienone is 6. The van der Waals surface area contributed by atoms with Gasteiger partial charge in [-0.25, -0.2) is 0 Å². The van der Waals surface area contributed by atoms with Gasteiger partial charge in [0.2, 0.25) is 0 Å². The molecule has 0 bridgehead atoms. The molecule has 0 amide bonds. The highest BCUT2D eigenvalue weighted by Crippen LogP contribution is 2.45. The van der Waals surface area contributed by atoms with Crippen molar-refractivity contribution in [1.82, 2.24) is 0 Å². The highest BCUT2D eigenvalue weighted by atomic mass is 32.2. The molecule has 0 saturated carbocycles. The van der Waals surface area contributed by atoms with Crippen molar-refractivity contribution in [2.45, 2.75) is 29.0 Å². The molecular weight excluding hydrogens is 392 g/mol. The molecule has 0 aromatic heterocycles. The van der Waals surface area contributed by atoms with Crippen molar-refractivity contribution in [2.24, 2.45) is 0 Å². The summed E-state index contributed by atoms with van der Waals surface area (Å²) in [6.07, 6.45) is 15.1. The first kappa shape index (κ1) is 20.0. The summed E-state index contributed by atoms with van der Waals surface area (Å²) in [7, 11) is 0. The maximum absolute atomic E-state index is 2.44. The Balaban J connectivity index is 1.34. The first-order valence-electron chi connectivity index (χ1n) is 10.1. The summed E-state index contributed by atoms with van der Waals surface area (Å²) in [6, 6.07) is 17.3. The van der Waals surface area contributed by atoms with Gasteiger partial charge in [-0.05, 0) is 44.2 Å². The summed E-state index contributed by atoms with van der Waals surface area (Å²) in [5.74, 6) is 0. The molecule has 0 radical (unpaired) electrons. The van der Waals surface area contributed by atoms with E-state index in [-0.39, 0.29) is 0 Å². The summed E-state index contributed by atoms with van der Waals surface area (Å²) < 4.78 is 0. The van der Waals surface area contributed by atoms with Gasteiger partial charge in [-0.3, -0.25) is 0 Å². The highest BCUT2D eigenvalue weighted by Gasteiger charge is 2.26. The second kappa shape index (κ2) is 9.47. The van der Waals surface area contributed by atoms with Crippen molar-refractivity contribution in [3.8, 4) is 0 Å². The zero-order valence-electron chi connectivity index (χ0n) is 16.9. The molecule has 4 heteroatoms. The Morgan fingerprint density at radius 2 is 1.48 bits per heavy atom. The molecule has 2 aromatic carbocycles. The van der Waals surface area contributed by atoms with Crippen molar-refractivity contribution in [1.29, 1.82) is 0 Å². The number of hydrogen-bond donors (Lipinski definition) is 0. The third-order valence-electron chi connectivity index (χ3n) is 4.98. The second-order valence-corrected chi connectivity index (χ2v) is 8.96. The molecular formula is C25H26N2S2. The van der Waals surface area contributed by atoms with E-state index in [0.29, 0.717) is 5.37 Å². The average molecular weight is 419 g/mol. The summed E-state index contributed by atoms with van der Waals surface area (Å²) >= 11 is 3.76. The summed E-state index contributed by atoms with van der Waals surface area (Å²) in [6.45, 7) is 6.42. The van der Waals surface area contributed by atoms with Gasteiger partial charge in [0.05, 0.1) is 21.8 Å². The Kier molecular flexibility index (Phi) is 6.53. The van der Waals surface area contributed by atoms with Crippen molar-refractivity contribution in [3.05, 3.63) is 96.1 Å². The van der Waals surface area contributed by atoms with Crippen molar-refractivity contribution < 1.29 is 0 Å². The number of anilines is 2. The topological polar surface area (TPSA) is 6.48 Å². The molecule has 2 aliphatic heterocycles. The number of fused-ring (bicyclic) bond motifs is 2. The Morgan fingerprint density at radius 3 is 2.28 bits per heavy atom. The molecule has 1 atom stereocenters. The quantitative estimate of drug-likeness (QED) is 0.462. The van der Waals surface area contributed by atoms with Gasteiger partial charge in [-0.15, -0.1) is 0 Å². The number of benzene rings is 2. The van der Waals surface area contributed by atoms with Gasteiger partial charge in [0.15, 0.2) is 0 Å². The minimum Gasteiger partial charge on any atom is -0.355 e. The van der Waals surface area contributed by atoms with E-state index in [2.05, 4.69) is 115 Å². The fraction of sp³-hybridized carbons (Fsp3) is 0.200. The molecule has 2 aromatic rings. The first-order valence-corrected chi connectivity index (χ1v) is 11.8. The lowest BCUT2D eigenvalue weighted by atomic mass is 10.3. The van der Waals surface area contributed by atoms with Crippen LogP contribution in [0.15, 0.2) is 106 Å². The molecule has 0 fully saturated rings. The highest BCUT2D eigenvalue weighted by molar-refractivity contribution is 8.03. The van der Waals surface area contributed by atoms with Crippen molar-refractivity contribution in [3.63, 3.8) is 0 Å². The van der Waals surface area contributed by atoms with Gasteiger partial charge in [-0.1, -0.05) is 84.2 Å². The molecule has 0 aliphatic carbocycles. The zero-order chi connectivity index (χ0) is 20.1. The molecule has 0 saturated heterocycles. The van der Waals surface area contributed by atoms with E-state index >= 15 is 0 Å². The van der Waals surface area contributed by atoms with Crippen LogP contribution < -0.4 is 9.80 Å². The van der Waals surface area contributed by atoms with Crippen LogP contribution in [0.4, 0.5) is 11.4 Å². The Bertz CT molecular complexity index is 974. The number of thioether (sulfide) groups is 2. The monoisotopic (exact) mass is 418 g/mol. The summed E-state index contributed by atoms with van der Waals surface area (Å²) in [5, 5.41) is 1.66. The van der Waals surface area contributed by atoms with Crippen LogP contribution in [0.2, 0.25) is 0 Å². The van der Waals surface area contributed by atoms with Crippen LogP contribution in [0.3, 0.4) is 0 Å². The maximum Gasteiger partial charge on any atom is 0.0985 e. The van der Waals surface area contributed by atoms with Crippen LogP contribution in [-0.2, 0) is 0 Å². The van der Waals surface area contributed by atoms with Crippen LogP contribution in [0.1, 0.15) is 13.8 Å². The lowest BCUT2D eigenvalue weighted by Gasteiger charge is -2.22. The Hall–Kier alpha value is -2.30. The number of rotatable bonds is 6. The molecule has 0 spiro atoms. The fourth-order valence-corrected chi connectivity index (χ4v) is 6.03. The van der Waals surface area contributed by atoms with Gasteiger partial charge >= 0.3 is 0 Å². The molecule has 2 nitrogen and oxygen atoms in total. The molecule has 29 heavy (non-hydrogen) atoms. The van der Waals surface area contributed by atoms with E-state index in [1.165, 1.54) is 26.2 Å². The second-order valence-electron chi connectivity index (χ2n) is 6.74. The van der Waals surface area contributed by atoms with E-state index in [9.17, 15) is 0 Å². The van der Waals surface area contributed by atoms with E-state index in [4.69, 9.17) is 0 Å². The summed E-state index contributed by atoms with van der Waals surface area (Å²) in [5.41, 5.74) is 2.66. The number of para-hydroxylation sites is 2.